The molecule has 0 aliphatic carbocycles. The monoisotopic (exact) mass is 261 g/mol. The van der Waals surface area contributed by atoms with E-state index in [1.807, 2.05) is 6.92 Å². The van der Waals surface area contributed by atoms with E-state index in [9.17, 15) is 4.79 Å². The highest BCUT2D eigenvalue weighted by atomic mass is 16.5. The van der Waals surface area contributed by atoms with E-state index in [2.05, 4.69) is 20.1 Å². The molecule has 0 amide bonds. The molecular formula is C12H15N5O2. The fourth-order valence-corrected chi connectivity index (χ4v) is 1.66. The van der Waals surface area contributed by atoms with Gasteiger partial charge in [-0.15, -0.1) is 0 Å². The van der Waals surface area contributed by atoms with Crippen molar-refractivity contribution >= 4 is 5.78 Å². The van der Waals surface area contributed by atoms with E-state index in [-0.39, 0.29) is 12.2 Å². The second-order valence-electron chi connectivity index (χ2n) is 3.94. The molecule has 0 radical (unpaired) electrons. The van der Waals surface area contributed by atoms with Crippen LogP contribution in [0, 0.1) is 0 Å². The molecule has 2 aromatic heterocycles. The second kappa shape index (κ2) is 6.03. The predicted octanol–water partition coefficient (Wildman–Crippen LogP) is 0.912. The third-order valence-electron chi connectivity index (χ3n) is 2.59. The minimum Gasteiger partial charge on any atom is -0.481 e. The number of hydrogen-bond acceptors (Lipinski definition) is 6. The summed E-state index contributed by atoms with van der Waals surface area (Å²) in [5, 5.41) is 4.08. The van der Waals surface area contributed by atoms with Gasteiger partial charge in [-0.1, -0.05) is 6.92 Å². The lowest BCUT2D eigenvalue weighted by atomic mass is 10.2. The molecule has 0 bridgehead atoms. The number of ether oxygens (including phenoxy) is 1. The first-order valence-electron chi connectivity index (χ1n) is 6.00. The number of methoxy groups -OCH3 is 1. The first-order valence-corrected chi connectivity index (χ1v) is 6.00. The molecule has 0 aliphatic heterocycles. The highest BCUT2D eigenvalue weighted by molar-refractivity contribution is 5.95. The van der Waals surface area contributed by atoms with Gasteiger partial charge in [-0.2, -0.15) is 5.10 Å². The molecule has 0 spiro atoms. The molecule has 0 unspecified atom stereocenters. The molecule has 100 valence electrons. The first-order chi connectivity index (χ1) is 9.24. The van der Waals surface area contributed by atoms with Crippen molar-refractivity contribution in [2.45, 2.75) is 26.3 Å². The van der Waals surface area contributed by atoms with Crippen LogP contribution in [0.3, 0.4) is 0 Å². The summed E-state index contributed by atoms with van der Waals surface area (Å²) >= 11 is 0. The SMILES string of the molecule is CCCn1ncnc1CC(=O)c1cc(OC)ncn1. The van der Waals surface area contributed by atoms with Gasteiger partial charge in [0, 0.05) is 12.6 Å². The summed E-state index contributed by atoms with van der Waals surface area (Å²) < 4.78 is 6.70. The van der Waals surface area contributed by atoms with E-state index in [4.69, 9.17) is 4.74 Å². The number of carbonyl (C=O) groups excluding carboxylic acids is 1. The van der Waals surface area contributed by atoms with Crippen LogP contribution in [-0.2, 0) is 13.0 Å². The smallest absolute Gasteiger partial charge is 0.216 e. The van der Waals surface area contributed by atoms with Crippen LogP contribution in [0.1, 0.15) is 29.7 Å². The summed E-state index contributed by atoms with van der Waals surface area (Å²) in [6.07, 6.45) is 3.87. The highest BCUT2D eigenvalue weighted by Crippen LogP contribution is 2.09. The maximum Gasteiger partial charge on any atom is 0.216 e. The number of ketones is 1. The van der Waals surface area contributed by atoms with E-state index >= 15 is 0 Å². The van der Waals surface area contributed by atoms with Gasteiger partial charge in [0.25, 0.3) is 0 Å². The number of carbonyl (C=O) groups is 1. The van der Waals surface area contributed by atoms with E-state index in [1.165, 1.54) is 25.8 Å². The fraction of sp³-hybridized carbons (Fsp3) is 0.417. The van der Waals surface area contributed by atoms with Crippen molar-refractivity contribution in [1.29, 1.82) is 0 Å². The lowest BCUT2D eigenvalue weighted by Gasteiger charge is -2.04. The maximum atomic E-state index is 12.1. The Hall–Kier alpha value is -2.31. The molecule has 0 saturated carbocycles. The molecule has 7 nitrogen and oxygen atoms in total. The average Bonchev–Trinajstić information content (AvgIpc) is 2.86. The van der Waals surface area contributed by atoms with Crippen LogP contribution in [0.15, 0.2) is 18.7 Å². The lowest BCUT2D eigenvalue weighted by Crippen LogP contribution is -2.13. The summed E-state index contributed by atoms with van der Waals surface area (Å²) in [5.41, 5.74) is 0.317. The van der Waals surface area contributed by atoms with Crippen LogP contribution in [0.4, 0.5) is 0 Å². The Kier molecular flexibility index (Phi) is 4.17. The summed E-state index contributed by atoms with van der Waals surface area (Å²) in [5.74, 6) is 0.879. The van der Waals surface area contributed by atoms with Crippen LogP contribution in [0.2, 0.25) is 0 Å². The molecule has 0 atom stereocenters. The van der Waals surface area contributed by atoms with Crippen LogP contribution >= 0.6 is 0 Å². The van der Waals surface area contributed by atoms with E-state index in [0.717, 1.165) is 13.0 Å². The largest absolute Gasteiger partial charge is 0.481 e. The molecule has 19 heavy (non-hydrogen) atoms. The zero-order chi connectivity index (χ0) is 13.7. The summed E-state index contributed by atoms with van der Waals surface area (Å²) in [6.45, 7) is 2.79. The molecule has 2 aromatic rings. The average molecular weight is 261 g/mol. The third-order valence-corrected chi connectivity index (χ3v) is 2.59. The number of aryl methyl sites for hydroxylation is 1. The van der Waals surface area contributed by atoms with Gasteiger partial charge in [-0.3, -0.25) is 4.79 Å². The van der Waals surface area contributed by atoms with Gasteiger partial charge in [0.2, 0.25) is 5.88 Å². The molecule has 0 aliphatic rings. The quantitative estimate of drug-likeness (QED) is 0.719. The Morgan fingerprint density at radius 3 is 2.89 bits per heavy atom. The van der Waals surface area contributed by atoms with Crippen molar-refractivity contribution in [3.63, 3.8) is 0 Å². The standard InChI is InChI=1S/C12H15N5O2/c1-3-4-17-11(14-8-16-17)6-10(18)9-5-12(19-2)15-7-13-9/h5,7-8H,3-4,6H2,1-2H3. The van der Waals surface area contributed by atoms with Gasteiger partial charge < -0.3 is 4.74 Å². The predicted molar refractivity (Wildman–Crippen MR) is 66.9 cm³/mol. The van der Waals surface area contributed by atoms with Crippen molar-refractivity contribution in [2.75, 3.05) is 7.11 Å². The number of rotatable bonds is 6. The fourth-order valence-electron chi connectivity index (χ4n) is 1.66. The molecule has 2 rings (SSSR count). The Labute approximate surface area is 110 Å². The Balaban J connectivity index is 2.13. The number of Topliss-reactive ketones (excluding diaryl/α,β-unsaturated/α-hetero) is 1. The van der Waals surface area contributed by atoms with Crippen molar-refractivity contribution < 1.29 is 9.53 Å². The van der Waals surface area contributed by atoms with Crippen molar-refractivity contribution in [2.24, 2.45) is 0 Å². The van der Waals surface area contributed by atoms with Gasteiger partial charge in [0.05, 0.1) is 13.5 Å². The minimum atomic E-state index is -0.133. The van der Waals surface area contributed by atoms with Crippen molar-refractivity contribution in [3.05, 3.63) is 30.2 Å². The summed E-state index contributed by atoms with van der Waals surface area (Å²) in [4.78, 5) is 24.0. The molecule has 0 fully saturated rings. The Morgan fingerprint density at radius 2 is 2.16 bits per heavy atom. The molecule has 0 saturated heterocycles. The topological polar surface area (TPSA) is 82.8 Å². The van der Waals surface area contributed by atoms with Gasteiger partial charge >= 0.3 is 0 Å². The third kappa shape index (κ3) is 3.12. The van der Waals surface area contributed by atoms with Gasteiger partial charge in [0.15, 0.2) is 5.78 Å². The highest BCUT2D eigenvalue weighted by Gasteiger charge is 2.14. The van der Waals surface area contributed by atoms with Gasteiger partial charge in [-0.05, 0) is 6.42 Å². The molecule has 0 aromatic carbocycles. The van der Waals surface area contributed by atoms with Crippen LogP contribution in [0.5, 0.6) is 5.88 Å². The number of aromatic nitrogens is 5. The second-order valence-corrected chi connectivity index (χ2v) is 3.94. The zero-order valence-corrected chi connectivity index (χ0v) is 10.9. The van der Waals surface area contributed by atoms with Gasteiger partial charge in [-0.25, -0.2) is 19.6 Å². The van der Waals surface area contributed by atoms with E-state index in [1.54, 1.807) is 4.68 Å². The van der Waals surface area contributed by atoms with Crippen molar-refractivity contribution in [1.82, 2.24) is 24.7 Å². The molecular weight excluding hydrogens is 246 g/mol. The van der Waals surface area contributed by atoms with E-state index < -0.39 is 0 Å². The van der Waals surface area contributed by atoms with Crippen molar-refractivity contribution in [3.8, 4) is 5.88 Å². The number of hydrogen-bond donors (Lipinski definition) is 0. The Morgan fingerprint density at radius 1 is 1.32 bits per heavy atom. The molecule has 2 heterocycles. The first kappa shape index (κ1) is 13.1. The van der Waals surface area contributed by atoms with Crippen LogP contribution < -0.4 is 4.74 Å². The summed E-state index contributed by atoms with van der Waals surface area (Å²) in [6, 6.07) is 1.52. The van der Waals surface area contributed by atoms with Crippen LogP contribution in [-0.4, -0.2) is 37.6 Å². The van der Waals surface area contributed by atoms with Gasteiger partial charge in [0.1, 0.15) is 24.2 Å². The normalized spacial score (nSPS) is 10.4. The van der Waals surface area contributed by atoms with Crippen LogP contribution in [0.25, 0.3) is 0 Å². The maximum absolute atomic E-state index is 12.1. The summed E-state index contributed by atoms with van der Waals surface area (Å²) in [7, 11) is 1.49. The Bertz CT molecular complexity index is 567. The number of nitrogens with zero attached hydrogens (tertiary/aromatic N) is 5. The zero-order valence-electron chi connectivity index (χ0n) is 10.9. The van der Waals surface area contributed by atoms with E-state index in [0.29, 0.717) is 17.4 Å². The molecule has 0 N–H and O–H groups in total. The molecule has 7 heteroatoms. The lowest BCUT2D eigenvalue weighted by molar-refractivity contribution is 0.0984. The minimum absolute atomic E-state index is 0.133.